The molecule has 1 nitrogen and oxygen atoms in total. The van der Waals surface area contributed by atoms with Gasteiger partial charge in [-0.1, -0.05) is 19.8 Å². The highest BCUT2D eigenvalue weighted by atomic mass is 79.9. The number of rotatable bonds is 4. The third-order valence-corrected chi connectivity index (χ3v) is 1.58. The number of quaternary nitrogens is 1. The van der Waals surface area contributed by atoms with E-state index in [-0.39, 0.29) is 50.9 Å². The van der Waals surface area contributed by atoms with E-state index in [1.807, 2.05) is 0 Å². The van der Waals surface area contributed by atoms with E-state index in [0.717, 1.165) is 0 Å². The van der Waals surface area contributed by atoms with Gasteiger partial charge in [0, 0.05) is 6.42 Å². The van der Waals surface area contributed by atoms with Crippen molar-refractivity contribution in [2.24, 2.45) is 0 Å². The molecule has 0 aromatic rings. The number of unbranched alkanes of at least 4 members (excludes halogenated alkanes) is 2. The molecule has 0 bridgehead atoms. The fourth-order valence-electron chi connectivity index (χ4n) is 0.616. The molecule has 0 saturated heterocycles. The van der Waals surface area contributed by atoms with Gasteiger partial charge in [-0.3, -0.25) is 0 Å². The smallest absolute Gasteiger partial charge is 0.139 e. The topological polar surface area (TPSA) is 27.6 Å². The van der Waals surface area contributed by atoms with Crippen LogP contribution in [-0.2, 0) is 0 Å². The summed E-state index contributed by atoms with van der Waals surface area (Å²) in [6.45, 7) is 2.21. The summed E-state index contributed by atoms with van der Waals surface area (Å²) in [6, 6.07) is 0. The lowest BCUT2D eigenvalue weighted by Gasteiger charge is -1.96. The summed E-state index contributed by atoms with van der Waals surface area (Å²) in [4.78, 5) is 0.467. The lowest BCUT2D eigenvalue weighted by Crippen LogP contribution is -3.00. The molecule has 3 N–H and O–H groups in total. The lowest BCUT2D eigenvalue weighted by molar-refractivity contribution is -0.384. The Morgan fingerprint density at radius 2 is 1.64 bits per heavy atom. The molecule has 0 saturated carbocycles. The van der Waals surface area contributed by atoms with Gasteiger partial charge in [-0.2, -0.15) is 0 Å². The molecule has 11 heavy (non-hydrogen) atoms. The third kappa shape index (κ3) is 24.5. The van der Waals surface area contributed by atoms with Crippen molar-refractivity contribution in [2.45, 2.75) is 37.6 Å². The summed E-state index contributed by atoms with van der Waals surface area (Å²) < 4.78 is 0. The molecule has 0 heterocycles. The number of hydrogen-bond acceptors (Lipinski definition) is 0. The normalized spacial score (nSPS) is 10.1. The highest BCUT2D eigenvalue weighted by molar-refractivity contribution is 9.09. The summed E-state index contributed by atoms with van der Waals surface area (Å²) in [5.41, 5.74) is 3.83. The molecule has 0 aliphatic rings. The van der Waals surface area contributed by atoms with Gasteiger partial charge in [-0.15, -0.1) is 0 Å². The van der Waals surface area contributed by atoms with E-state index in [1.165, 1.54) is 25.7 Å². The molecule has 0 aromatic carbocycles. The maximum atomic E-state index is 3.83. The first-order valence-electron chi connectivity index (χ1n) is 3.24. The first-order valence-corrected chi connectivity index (χ1v) is 4.16. The summed E-state index contributed by atoms with van der Waals surface area (Å²) in [7, 11) is 0. The zero-order valence-electron chi connectivity index (χ0n) is 6.62. The molecule has 0 fully saturated rings. The van der Waals surface area contributed by atoms with Crippen LogP contribution < -0.4 is 56.7 Å². The lowest BCUT2D eigenvalue weighted by atomic mass is 10.2. The molecule has 74 valence electrons. The molecular formula is C6H15Br4N-2. The van der Waals surface area contributed by atoms with Crippen molar-refractivity contribution in [3.63, 3.8) is 0 Å². The fourth-order valence-corrected chi connectivity index (χ4v) is 0.940. The monoisotopic (exact) mass is 417 g/mol. The first kappa shape index (κ1) is 23.1. The molecule has 0 amide bonds. The fraction of sp³-hybridized carbons (Fsp3) is 1.00. The van der Waals surface area contributed by atoms with Crippen LogP contribution in [0.3, 0.4) is 0 Å². The minimum atomic E-state index is 0. The number of halogens is 4. The quantitative estimate of drug-likeness (QED) is 0.266. The van der Waals surface area contributed by atoms with Gasteiger partial charge in [0.05, 0.1) is 0 Å². The average Bonchev–Trinajstić information content (AvgIpc) is 1.66. The summed E-state index contributed by atoms with van der Waals surface area (Å²) in [6.07, 6.45) is 5.18. The van der Waals surface area contributed by atoms with Crippen LogP contribution in [0.1, 0.15) is 32.6 Å². The number of alkyl halides is 1. The van der Waals surface area contributed by atoms with Gasteiger partial charge in [-0.05, 0) is 22.4 Å². The van der Waals surface area contributed by atoms with E-state index in [2.05, 4.69) is 28.6 Å². The maximum absolute atomic E-state index is 3.83. The Balaban J connectivity index is -0.0000000817. The van der Waals surface area contributed by atoms with E-state index in [9.17, 15) is 0 Å². The van der Waals surface area contributed by atoms with Crippen LogP contribution in [0.15, 0.2) is 0 Å². The molecule has 1 atom stereocenters. The van der Waals surface area contributed by atoms with Crippen molar-refractivity contribution in [1.29, 1.82) is 0 Å². The zero-order valence-corrected chi connectivity index (χ0v) is 13.0. The van der Waals surface area contributed by atoms with Crippen molar-refractivity contribution in [2.75, 3.05) is 0 Å². The zero-order chi connectivity index (χ0) is 6.41. The summed E-state index contributed by atoms with van der Waals surface area (Å²) >= 11 is 3.39. The molecule has 0 spiro atoms. The van der Waals surface area contributed by atoms with Crippen molar-refractivity contribution in [3.05, 3.63) is 0 Å². The second-order valence-electron chi connectivity index (χ2n) is 2.09. The molecule has 5 heteroatoms. The Morgan fingerprint density at radius 1 is 1.18 bits per heavy atom. The molecule has 0 radical (unpaired) electrons. The predicted octanol–water partition coefficient (Wildman–Crippen LogP) is -7.46. The molecule has 0 aliphatic heterocycles. The van der Waals surface area contributed by atoms with Gasteiger partial charge in [0.2, 0.25) is 0 Å². The molecule has 0 rings (SSSR count). The summed E-state index contributed by atoms with van der Waals surface area (Å²) in [5, 5.41) is 0. The van der Waals surface area contributed by atoms with Crippen molar-refractivity contribution in [1.82, 2.24) is 0 Å². The van der Waals surface area contributed by atoms with Gasteiger partial charge in [0.15, 0.2) is 0 Å². The largest absolute Gasteiger partial charge is 1.00 e. The first-order chi connectivity index (χ1) is 3.77. The highest BCUT2D eigenvalue weighted by Gasteiger charge is 1.96. The molecule has 1 unspecified atom stereocenters. The van der Waals surface area contributed by atoms with Crippen molar-refractivity contribution in [3.8, 4) is 0 Å². The molecule has 0 aliphatic carbocycles. The Labute approximate surface area is 109 Å². The standard InChI is InChI=1S/C6H14BrN.3BrH/c1-2-3-4-5-6(7)8;;;/h6H,2-5,8H2,1H3;3*1H/p-2. The Morgan fingerprint density at radius 3 is 1.91 bits per heavy atom. The van der Waals surface area contributed by atoms with E-state index in [1.54, 1.807) is 0 Å². The van der Waals surface area contributed by atoms with Crippen LogP contribution in [0.2, 0.25) is 0 Å². The van der Waals surface area contributed by atoms with Gasteiger partial charge < -0.3 is 56.7 Å². The second-order valence-corrected chi connectivity index (χ2v) is 3.39. The van der Waals surface area contributed by atoms with E-state index < -0.39 is 0 Å². The van der Waals surface area contributed by atoms with Crippen LogP contribution in [0, 0.1) is 0 Å². The Bertz CT molecular complexity index is 51.8. The molecular weight excluding hydrogens is 406 g/mol. The minimum Gasteiger partial charge on any atom is -1.00 e. The Kier molecular flexibility index (Phi) is 37.4. The van der Waals surface area contributed by atoms with Crippen LogP contribution in [-0.4, -0.2) is 4.95 Å². The average molecular weight is 421 g/mol. The Hall–Kier alpha value is 1.88. The van der Waals surface area contributed by atoms with Gasteiger partial charge in [0.1, 0.15) is 4.95 Å². The second kappa shape index (κ2) is 17.8. The summed E-state index contributed by atoms with van der Waals surface area (Å²) in [5.74, 6) is 0. The SMILES string of the molecule is CCCCCC([NH3+])Br.[Br-].[Br-].[Br-]. The van der Waals surface area contributed by atoms with E-state index >= 15 is 0 Å². The van der Waals surface area contributed by atoms with E-state index in [0.29, 0.717) is 4.95 Å². The van der Waals surface area contributed by atoms with Crippen LogP contribution in [0.4, 0.5) is 0 Å². The highest BCUT2D eigenvalue weighted by Crippen LogP contribution is 2.03. The van der Waals surface area contributed by atoms with Crippen LogP contribution >= 0.6 is 15.9 Å². The van der Waals surface area contributed by atoms with Gasteiger partial charge in [0.25, 0.3) is 0 Å². The maximum Gasteiger partial charge on any atom is 0.139 e. The van der Waals surface area contributed by atoms with Crippen LogP contribution in [0.25, 0.3) is 0 Å². The predicted molar refractivity (Wildman–Crippen MR) is 39.7 cm³/mol. The minimum absolute atomic E-state index is 0. The van der Waals surface area contributed by atoms with Gasteiger partial charge in [-0.25, -0.2) is 0 Å². The van der Waals surface area contributed by atoms with Crippen LogP contribution in [0.5, 0.6) is 0 Å². The van der Waals surface area contributed by atoms with Crippen molar-refractivity contribution >= 4 is 15.9 Å². The third-order valence-electron chi connectivity index (χ3n) is 1.12. The van der Waals surface area contributed by atoms with Crippen molar-refractivity contribution < 1.29 is 56.7 Å². The van der Waals surface area contributed by atoms with Gasteiger partial charge >= 0.3 is 0 Å². The van der Waals surface area contributed by atoms with E-state index in [4.69, 9.17) is 0 Å². The molecule has 0 aromatic heterocycles. The number of hydrogen-bond donors (Lipinski definition) is 1.